The molecular weight excluding hydrogens is 200 g/mol. The van der Waals surface area contributed by atoms with Crippen LogP contribution in [0.2, 0.25) is 0 Å². The Hall–Kier alpha value is -0.540. The minimum Gasteiger partial charge on any atom is -0.342 e. The van der Waals surface area contributed by atoms with Crippen LogP contribution < -0.4 is 0 Å². The van der Waals surface area contributed by atoms with Gasteiger partial charge in [0, 0.05) is 19.2 Å². The van der Waals surface area contributed by atoms with E-state index in [-0.39, 0.29) is 18.3 Å². The van der Waals surface area contributed by atoms with Crippen molar-refractivity contribution in [3.63, 3.8) is 0 Å². The molecule has 0 radical (unpaired) electrons. The standard InChI is InChI=1S/C10H20N2O.ClH/c1-9(2)10(13)12(5)8-6-7-11(3)4;/h1,6-8H2,2-5H3;1H. The molecule has 0 aliphatic rings. The summed E-state index contributed by atoms with van der Waals surface area (Å²) in [6.07, 6.45) is 1.00. The minimum atomic E-state index is 0. The van der Waals surface area contributed by atoms with Crippen molar-refractivity contribution >= 4 is 18.3 Å². The number of likely N-dealkylation sites (N-methyl/N-ethyl adjacent to an activating group) is 1. The summed E-state index contributed by atoms with van der Waals surface area (Å²) in [7, 11) is 5.87. The Balaban J connectivity index is 0. The van der Waals surface area contributed by atoms with Gasteiger partial charge in [-0.1, -0.05) is 6.58 Å². The number of rotatable bonds is 5. The number of carbonyl (C=O) groups excluding carboxylic acids is 1. The quantitative estimate of drug-likeness (QED) is 0.654. The second kappa shape index (κ2) is 7.83. The molecule has 0 fully saturated rings. The topological polar surface area (TPSA) is 23.6 Å². The summed E-state index contributed by atoms with van der Waals surface area (Å²) in [5.41, 5.74) is 0.604. The molecule has 0 N–H and O–H groups in total. The monoisotopic (exact) mass is 220 g/mol. The van der Waals surface area contributed by atoms with Gasteiger partial charge in [0.15, 0.2) is 0 Å². The highest BCUT2D eigenvalue weighted by atomic mass is 35.5. The Morgan fingerprint density at radius 2 is 1.71 bits per heavy atom. The van der Waals surface area contributed by atoms with Crippen LogP contribution in [0, 0.1) is 0 Å². The minimum absolute atomic E-state index is 0. The largest absolute Gasteiger partial charge is 0.342 e. The lowest BCUT2D eigenvalue weighted by Gasteiger charge is -2.18. The van der Waals surface area contributed by atoms with E-state index in [4.69, 9.17) is 0 Å². The van der Waals surface area contributed by atoms with Crippen LogP contribution in [0.4, 0.5) is 0 Å². The first-order chi connectivity index (χ1) is 5.95. The molecule has 0 aromatic rings. The molecule has 0 saturated heterocycles. The summed E-state index contributed by atoms with van der Waals surface area (Å²) in [5, 5.41) is 0. The van der Waals surface area contributed by atoms with Crippen LogP contribution in [0.25, 0.3) is 0 Å². The molecule has 0 spiro atoms. The maximum atomic E-state index is 11.3. The SMILES string of the molecule is C=C(C)C(=O)N(C)CCCN(C)C.Cl. The maximum absolute atomic E-state index is 11.3. The van der Waals surface area contributed by atoms with E-state index in [9.17, 15) is 4.79 Å². The molecule has 0 bridgehead atoms. The van der Waals surface area contributed by atoms with Crippen molar-refractivity contribution in [2.24, 2.45) is 0 Å². The first kappa shape index (κ1) is 15.9. The van der Waals surface area contributed by atoms with Crippen LogP contribution in [-0.4, -0.2) is 49.9 Å². The molecule has 0 unspecified atom stereocenters. The number of hydrogen-bond donors (Lipinski definition) is 0. The van der Waals surface area contributed by atoms with Crippen LogP contribution in [-0.2, 0) is 4.79 Å². The number of hydrogen-bond acceptors (Lipinski definition) is 2. The summed E-state index contributed by atoms with van der Waals surface area (Å²) >= 11 is 0. The Labute approximate surface area is 93.2 Å². The summed E-state index contributed by atoms with van der Waals surface area (Å²) in [5.74, 6) is 0.0405. The molecule has 0 heterocycles. The van der Waals surface area contributed by atoms with Gasteiger partial charge < -0.3 is 9.80 Å². The molecule has 0 aromatic carbocycles. The van der Waals surface area contributed by atoms with Gasteiger partial charge in [-0.3, -0.25) is 4.79 Å². The van der Waals surface area contributed by atoms with Crippen molar-refractivity contribution in [1.29, 1.82) is 0 Å². The number of carbonyl (C=O) groups is 1. The highest BCUT2D eigenvalue weighted by molar-refractivity contribution is 5.91. The van der Waals surface area contributed by atoms with Gasteiger partial charge >= 0.3 is 0 Å². The first-order valence-corrected chi connectivity index (χ1v) is 4.51. The van der Waals surface area contributed by atoms with Crippen LogP contribution >= 0.6 is 12.4 Å². The van der Waals surface area contributed by atoms with E-state index in [0.717, 1.165) is 19.5 Å². The van der Waals surface area contributed by atoms with E-state index in [1.54, 1.807) is 11.8 Å². The highest BCUT2D eigenvalue weighted by Crippen LogP contribution is 1.97. The Morgan fingerprint density at radius 1 is 1.21 bits per heavy atom. The average Bonchev–Trinajstić information content (AvgIpc) is 2.02. The third-order valence-corrected chi connectivity index (χ3v) is 1.81. The predicted octanol–water partition coefficient (Wildman–Crippen LogP) is 1.39. The fourth-order valence-electron chi connectivity index (χ4n) is 1.05. The molecule has 14 heavy (non-hydrogen) atoms. The highest BCUT2D eigenvalue weighted by Gasteiger charge is 2.07. The maximum Gasteiger partial charge on any atom is 0.248 e. The lowest BCUT2D eigenvalue weighted by Crippen LogP contribution is -2.29. The lowest BCUT2D eigenvalue weighted by molar-refractivity contribution is -0.125. The molecule has 0 aliphatic heterocycles. The van der Waals surface area contributed by atoms with Gasteiger partial charge in [0.1, 0.15) is 0 Å². The molecule has 0 rings (SSSR count). The van der Waals surface area contributed by atoms with Gasteiger partial charge in [0.05, 0.1) is 0 Å². The Bertz CT molecular complexity index is 193. The summed E-state index contributed by atoms with van der Waals surface area (Å²) in [6.45, 7) is 7.16. The molecule has 3 nitrogen and oxygen atoms in total. The van der Waals surface area contributed by atoms with E-state index < -0.39 is 0 Å². The van der Waals surface area contributed by atoms with Crippen molar-refractivity contribution in [2.75, 3.05) is 34.2 Å². The average molecular weight is 221 g/mol. The summed E-state index contributed by atoms with van der Waals surface area (Å²) in [4.78, 5) is 15.2. The van der Waals surface area contributed by atoms with Crippen LogP contribution in [0.3, 0.4) is 0 Å². The molecular formula is C10H21ClN2O. The van der Waals surface area contributed by atoms with Crippen LogP contribution in [0.15, 0.2) is 12.2 Å². The molecule has 0 saturated carbocycles. The lowest BCUT2D eigenvalue weighted by atomic mass is 10.3. The molecule has 4 heteroatoms. The predicted molar refractivity (Wildman–Crippen MR) is 62.9 cm³/mol. The van der Waals surface area contributed by atoms with Crippen molar-refractivity contribution in [1.82, 2.24) is 9.80 Å². The van der Waals surface area contributed by atoms with Crippen LogP contribution in [0.1, 0.15) is 13.3 Å². The van der Waals surface area contributed by atoms with Crippen molar-refractivity contribution in [3.05, 3.63) is 12.2 Å². The smallest absolute Gasteiger partial charge is 0.248 e. The van der Waals surface area contributed by atoms with Gasteiger partial charge in [0.2, 0.25) is 5.91 Å². The fraction of sp³-hybridized carbons (Fsp3) is 0.700. The van der Waals surface area contributed by atoms with E-state index in [1.807, 2.05) is 21.1 Å². The van der Waals surface area contributed by atoms with Gasteiger partial charge in [-0.15, -0.1) is 12.4 Å². The number of nitrogens with zero attached hydrogens (tertiary/aromatic N) is 2. The molecule has 84 valence electrons. The number of halogens is 1. The normalized spacial score (nSPS) is 9.50. The Kier molecular flexibility index (Phi) is 8.89. The summed E-state index contributed by atoms with van der Waals surface area (Å²) in [6, 6.07) is 0. The number of amides is 1. The fourth-order valence-corrected chi connectivity index (χ4v) is 1.05. The Morgan fingerprint density at radius 3 is 2.07 bits per heavy atom. The van der Waals surface area contributed by atoms with E-state index in [2.05, 4.69) is 11.5 Å². The first-order valence-electron chi connectivity index (χ1n) is 4.51. The van der Waals surface area contributed by atoms with Gasteiger partial charge in [0.25, 0.3) is 0 Å². The van der Waals surface area contributed by atoms with Crippen molar-refractivity contribution < 1.29 is 4.79 Å². The molecule has 1 amide bonds. The second-order valence-electron chi connectivity index (χ2n) is 3.66. The van der Waals surface area contributed by atoms with Gasteiger partial charge in [-0.05, 0) is 34.0 Å². The zero-order valence-electron chi connectivity index (χ0n) is 9.54. The van der Waals surface area contributed by atoms with E-state index >= 15 is 0 Å². The molecule has 0 aromatic heterocycles. The molecule has 0 aliphatic carbocycles. The van der Waals surface area contributed by atoms with Gasteiger partial charge in [-0.25, -0.2) is 0 Å². The van der Waals surface area contributed by atoms with Crippen molar-refractivity contribution in [2.45, 2.75) is 13.3 Å². The molecule has 0 atom stereocenters. The van der Waals surface area contributed by atoms with Crippen molar-refractivity contribution in [3.8, 4) is 0 Å². The second-order valence-corrected chi connectivity index (χ2v) is 3.66. The third-order valence-electron chi connectivity index (χ3n) is 1.81. The summed E-state index contributed by atoms with van der Waals surface area (Å²) < 4.78 is 0. The zero-order valence-corrected chi connectivity index (χ0v) is 10.4. The van der Waals surface area contributed by atoms with E-state index in [0.29, 0.717) is 5.57 Å². The van der Waals surface area contributed by atoms with Crippen LogP contribution in [0.5, 0.6) is 0 Å². The van der Waals surface area contributed by atoms with E-state index in [1.165, 1.54) is 0 Å². The zero-order chi connectivity index (χ0) is 10.4. The third kappa shape index (κ3) is 6.92. The van der Waals surface area contributed by atoms with Gasteiger partial charge in [-0.2, -0.15) is 0 Å².